The van der Waals surface area contributed by atoms with E-state index in [1.54, 1.807) is 6.08 Å². The highest BCUT2D eigenvalue weighted by atomic mass is 32.3. The summed E-state index contributed by atoms with van der Waals surface area (Å²) in [5, 5.41) is 0. The van der Waals surface area contributed by atoms with Gasteiger partial charge in [0.2, 0.25) is 0 Å². The Morgan fingerprint density at radius 2 is 1.72 bits per heavy atom. The highest BCUT2D eigenvalue weighted by Gasteiger charge is 1.94. The van der Waals surface area contributed by atoms with E-state index in [9.17, 15) is 0 Å². The molecule has 0 aliphatic carbocycles. The first-order chi connectivity index (χ1) is 8.43. The summed E-state index contributed by atoms with van der Waals surface area (Å²) in [4.78, 5) is 0. The van der Waals surface area contributed by atoms with E-state index in [4.69, 9.17) is 22.3 Å². The highest BCUT2D eigenvalue weighted by Crippen LogP contribution is 2.07. The molecule has 0 unspecified atom stereocenters. The molecule has 2 rings (SSSR count). The number of ether oxygens (including phenoxy) is 2. The van der Waals surface area contributed by atoms with Gasteiger partial charge in [-0.25, -0.2) is 0 Å². The van der Waals surface area contributed by atoms with Crippen LogP contribution in [0.3, 0.4) is 0 Å². The van der Waals surface area contributed by atoms with Gasteiger partial charge in [0.25, 0.3) is 0 Å². The van der Waals surface area contributed by atoms with Gasteiger partial charge < -0.3 is 9.47 Å². The molecule has 1 saturated heterocycles. The Hall–Kier alpha value is -1.41. The molecule has 0 aromatic heterocycles. The maximum Gasteiger partial charge on any atom is 0.394 e. The van der Waals surface area contributed by atoms with Crippen molar-refractivity contribution in [3.63, 3.8) is 0 Å². The van der Waals surface area contributed by atoms with Crippen molar-refractivity contribution in [3.05, 3.63) is 43.0 Å². The van der Waals surface area contributed by atoms with E-state index >= 15 is 0 Å². The third-order valence-corrected chi connectivity index (χ3v) is 1.32. The zero-order valence-corrected chi connectivity index (χ0v) is 10.5. The van der Waals surface area contributed by atoms with Gasteiger partial charge in [-0.1, -0.05) is 30.9 Å². The Bertz CT molecular complexity index is 402. The second kappa shape index (κ2) is 9.60. The Morgan fingerprint density at radius 3 is 2.06 bits per heavy atom. The van der Waals surface area contributed by atoms with Gasteiger partial charge in [0.05, 0.1) is 13.2 Å². The van der Waals surface area contributed by atoms with Crippen LogP contribution in [0, 0.1) is 0 Å². The van der Waals surface area contributed by atoms with Crippen molar-refractivity contribution in [3.8, 4) is 5.75 Å². The smallest absolute Gasteiger partial charge is 0.394 e. The third kappa shape index (κ3) is 20.1. The molecule has 18 heavy (non-hydrogen) atoms. The fourth-order valence-electron chi connectivity index (χ4n) is 0.672. The number of para-hydroxylation sites is 1. The van der Waals surface area contributed by atoms with Crippen LogP contribution in [0.25, 0.3) is 0 Å². The zero-order chi connectivity index (χ0) is 13.9. The van der Waals surface area contributed by atoms with Crippen LogP contribution >= 0.6 is 0 Å². The fourth-order valence-corrected chi connectivity index (χ4v) is 0.672. The Kier molecular flexibility index (Phi) is 8.85. The lowest BCUT2D eigenvalue weighted by Crippen LogP contribution is -1.91. The highest BCUT2D eigenvalue weighted by molar-refractivity contribution is 7.79. The summed E-state index contributed by atoms with van der Waals surface area (Å²) in [6, 6.07) is 9.69. The van der Waals surface area contributed by atoms with Crippen LogP contribution in [0.4, 0.5) is 0 Å². The van der Waals surface area contributed by atoms with Gasteiger partial charge in [-0.2, -0.15) is 8.42 Å². The molecule has 1 aliphatic heterocycles. The van der Waals surface area contributed by atoms with E-state index in [-0.39, 0.29) is 0 Å². The predicted octanol–water partition coefficient (Wildman–Crippen LogP) is 1.62. The third-order valence-electron chi connectivity index (χ3n) is 1.32. The molecule has 0 radical (unpaired) electrons. The molecular formula is C11H16O6S. The van der Waals surface area contributed by atoms with E-state index in [1.165, 1.54) is 0 Å². The summed E-state index contributed by atoms with van der Waals surface area (Å²) < 4.78 is 41.3. The van der Waals surface area contributed by atoms with Crippen LogP contribution in [0.2, 0.25) is 0 Å². The van der Waals surface area contributed by atoms with Gasteiger partial charge in [0.15, 0.2) is 0 Å². The van der Waals surface area contributed by atoms with Crippen molar-refractivity contribution in [2.75, 3.05) is 19.8 Å². The fraction of sp³-hybridized carbons (Fsp3) is 0.273. The Balaban J connectivity index is 0.000000299. The number of hydrogen-bond donors (Lipinski definition) is 2. The molecule has 2 N–H and O–H groups in total. The Labute approximate surface area is 106 Å². The molecule has 1 aromatic carbocycles. The van der Waals surface area contributed by atoms with E-state index in [2.05, 4.69) is 11.3 Å². The molecular weight excluding hydrogens is 260 g/mol. The van der Waals surface area contributed by atoms with Crippen molar-refractivity contribution >= 4 is 10.4 Å². The van der Waals surface area contributed by atoms with Crippen molar-refractivity contribution in [2.24, 2.45) is 0 Å². The van der Waals surface area contributed by atoms with Crippen molar-refractivity contribution < 1.29 is 27.0 Å². The summed E-state index contributed by atoms with van der Waals surface area (Å²) in [7, 11) is -4.67. The molecule has 1 heterocycles. The molecule has 1 fully saturated rings. The molecule has 0 amide bonds. The van der Waals surface area contributed by atoms with Crippen molar-refractivity contribution in [1.29, 1.82) is 0 Å². The zero-order valence-electron chi connectivity index (χ0n) is 9.73. The quantitative estimate of drug-likeness (QED) is 0.494. The van der Waals surface area contributed by atoms with Crippen LogP contribution in [-0.2, 0) is 15.1 Å². The number of rotatable bonds is 3. The summed E-state index contributed by atoms with van der Waals surface area (Å²) in [5.74, 6) is 0.891. The lowest BCUT2D eigenvalue weighted by atomic mass is 10.3. The van der Waals surface area contributed by atoms with Crippen LogP contribution in [0.1, 0.15) is 0 Å². The standard InChI is InChI=1S/C9H10O.C2H4O.H2O4S/c1-2-8-10-9-6-4-3-5-7-9;1-2-3-1;1-5(2,3)4/h2-7H,1,8H2;1-2H2;(H2,1,2,3,4). The summed E-state index contributed by atoms with van der Waals surface area (Å²) >= 11 is 0. The lowest BCUT2D eigenvalue weighted by molar-refractivity contribution is 0.363. The van der Waals surface area contributed by atoms with Gasteiger partial charge in [-0.3, -0.25) is 9.11 Å². The van der Waals surface area contributed by atoms with Crippen LogP contribution < -0.4 is 4.74 Å². The van der Waals surface area contributed by atoms with Gasteiger partial charge in [0.1, 0.15) is 12.4 Å². The average Bonchev–Trinajstić information content (AvgIpc) is 3.13. The first kappa shape index (κ1) is 16.6. The maximum absolute atomic E-state index is 8.74. The van der Waals surface area contributed by atoms with Crippen molar-refractivity contribution in [1.82, 2.24) is 0 Å². The van der Waals surface area contributed by atoms with Crippen LogP contribution in [-0.4, -0.2) is 37.3 Å². The SMILES string of the molecule is C1CO1.C=CCOc1ccccc1.O=S(=O)(O)O. The van der Waals surface area contributed by atoms with Gasteiger partial charge in [-0.15, -0.1) is 0 Å². The maximum atomic E-state index is 8.74. The number of benzene rings is 1. The lowest BCUT2D eigenvalue weighted by Gasteiger charge is -1.99. The molecule has 6 nitrogen and oxygen atoms in total. The second-order valence-electron chi connectivity index (χ2n) is 2.97. The average molecular weight is 276 g/mol. The molecule has 0 spiro atoms. The minimum absolute atomic E-state index is 0.573. The molecule has 0 bridgehead atoms. The van der Waals surface area contributed by atoms with Gasteiger partial charge in [0, 0.05) is 0 Å². The van der Waals surface area contributed by atoms with E-state index in [1.807, 2.05) is 30.3 Å². The topological polar surface area (TPSA) is 96.4 Å². The second-order valence-corrected chi connectivity index (χ2v) is 3.87. The molecule has 102 valence electrons. The Morgan fingerprint density at radius 1 is 1.28 bits per heavy atom. The number of hydrogen-bond acceptors (Lipinski definition) is 4. The van der Waals surface area contributed by atoms with E-state index < -0.39 is 10.4 Å². The largest absolute Gasteiger partial charge is 0.490 e. The monoisotopic (exact) mass is 276 g/mol. The summed E-state index contributed by atoms with van der Waals surface area (Å²) in [6.07, 6.45) is 1.73. The van der Waals surface area contributed by atoms with Crippen LogP contribution in [0.5, 0.6) is 5.75 Å². The van der Waals surface area contributed by atoms with Gasteiger partial charge in [-0.05, 0) is 12.1 Å². The summed E-state index contributed by atoms with van der Waals surface area (Å²) in [6.45, 7) is 6.12. The molecule has 1 aromatic rings. The molecule has 1 aliphatic rings. The first-order valence-corrected chi connectivity index (χ1v) is 6.39. The number of epoxide rings is 1. The van der Waals surface area contributed by atoms with Gasteiger partial charge >= 0.3 is 10.4 Å². The van der Waals surface area contributed by atoms with Crippen molar-refractivity contribution in [2.45, 2.75) is 0 Å². The minimum Gasteiger partial charge on any atom is -0.490 e. The van der Waals surface area contributed by atoms with Crippen LogP contribution in [0.15, 0.2) is 43.0 Å². The van der Waals surface area contributed by atoms with E-state index in [0.717, 1.165) is 19.0 Å². The molecule has 0 atom stereocenters. The first-order valence-electron chi connectivity index (χ1n) is 5.00. The molecule has 0 saturated carbocycles. The molecule has 7 heteroatoms. The predicted molar refractivity (Wildman–Crippen MR) is 67.1 cm³/mol. The minimum atomic E-state index is -4.67. The van der Waals surface area contributed by atoms with E-state index in [0.29, 0.717) is 6.61 Å². The summed E-state index contributed by atoms with van der Waals surface area (Å²) in [5.41, 5.74) is 0. The normalized spacial score (nSPS) is 12.1.